The summed E-state index contributed by atoms with van der Waals surface area (Å²) in [5.41, 5.74) is 2.61. The van der Waals surface area contributed by atoms with Gasteiger partial charge in [-0.05, 0) is 23.8 Å². The molecule has 0 aliphatic rings. The van der Waals surface area contributed by atoms with Crippen LogP contribution in [0.3, 0.4) is 0 Å². The average Bonchev–Trinajstić information content (AvgIpc) is 2.40. The van der Waals surface area contributed by atoms with E-state index in [4.69, 9.17) is 0 Å². The molecule has 0 atom stereocenters. The lowest BCUT2D eigenvalue weighted by molar-refractivity contribution is 0.0993. The number of hydrogen-bond acceptors (Lipinski definition) is 2. The molecule has 0 spiro atoms. The molecule has 2 aromatic rings. The van der Waals surface area contributed by atoms with Crippen molar-refractivity contribution >= 4 is 27.4 Å². The predicted octanol–water partition coefficient (Wildman–Crippen LogP) is 3.92. The minimum Gasteiger partial charge on any atom is -0.388 e. The lowest BCUT2D eigenvalue weighted by Crippen LogP contribution is -2.07. The molecule has 92 valence electrons. The van der Waals surface area contributed by atoms with Gasteiger partial charge in [-0.1, -0.05) is 46.3 Å². The van der Waals surface area contributed by atoms with Gasteiger partial charge in [0, 0.05) is 29.2 Å². The fraction of sp³-hybridized carbons (Fsp3) is 0.133. The molecule has 0 saturated heterocycles. The van der Waals surface area contributed by atoms with Crippen LogP contribution in [0.15, 0.2) is 53.0 Å². The molecule has 0 radical (unpaired) electrons. The van der Waals surface area contributed by atoms with Crippen molar-refractivity contribution in [3.05, 3.63) is 64.1 Å². The molecule has 0 fully saturated rings. The van der Waals surface area contributed by atoms with E-state index in [1.165, 1.54) is 0 Å². The lowest BCUT2D eigenvalue weighted by Gasteiger charge is -2.09. The van der Waals surface area contributed by atoms with E-state index in [-0.39, 0.29) is 5.78 Å². The number of carbonyl (C=O) groups is 1. The van der Waals surface area contributed by atoms with Crippen LogP contribution in [0.4, 0.5) is 5.69 Å². The summed E-state index contributed by atoms with van der Waals surface area (Å²) in [7, 11) is 1.82. The van der Waals surface area contributed by atoms with Gasteiger partial charge in [0.2, 0.25) is 0 Å². The van der Waals surface area contributed by atoms with Gasteiger partial charge in [0.15, 0.2) is 5.78 Å². The van der Waals surface area contributed by atoms with Crippen molar-refractivity contribution in [3.8, 4) is 0 Å². The maximum Gasteiger partial charge on any atom is 0.169 e. The number of anilines is 1. The maximum absolute atomic E-state index is 12.3. The van der Waals surface area contributed by atoms with Crippen LogP contribution in [0.25, 0.3) is 0 Å². The number of ketones is 1. The van der Waals surface area contributed by atoms with Gasteiger partial charge in [0.05, 0.1) is 0 Å². The molecule has 0 unspecified atom stereocenters. The Bertz CT molecular complexity index is 552. The van der Waals surface area contributed by atoms with Crippen molar-refractivity contribution in [2.45, 2.75) is 6.42 Å². The van der Waals surface area contributed by atoms with Crippen LogP contribution in [-0.2, 0) is 6.42 Å². The zero-order valence-electron chi connectivity index (χ0n) is 10.1. The molecule has 2 rings (SSSR count). The smallest absolute Gasteiger partial charge is 0.169 e. The Morgan fingerprint density at radius 1 is 1.17 bits per heavy atom. The molecule has 3 heteroatoms. The monoisotopic (exact) mass is 303 g/mol. The first-order valence-corrected chi connectivity index (χ1v) is 6.54. The second kappa shape index (κ2) is 5.83. The third-order valence-electron chi connectivity index (χ3n) is 2.76. The van der Waals surface area contributed by atoms with Gasteiger partial charge in [-0.2, -0.15) is 0 Å². The summed E-state index contributed by atoms with van der Waals surface area (Å²) in [4.78, 5) is 12.3. The number of hydrogen-bond donors (Lipinski definition) is 1. The van der Waals surface area contributed by atoms with E-state index < -0.39 is 0 Å². The average molecular weight is 304 g/mol. The Morgan fingerprint density at radius 2 is 1.89 bits per heavy atom. The molecule has 0 amide bonds. The Labute approximate surface area is 115 Å². The maximum atomic E-state index is 12.3. The molecule has 0 aliphatic carbocycles. The van der Waals surface area contributed by atoms with Crippen molar-refractivity contribution in [3.63, 3.8) is 0 Å². The van der Waals surface area contributed by atoms with Crippen molar-refractivity contribution in [2.75, 3.05) is 12.4 Å². The highest BCUT2D eigenvalue weighted by atomic mass is 79.9. The number of rotatable bonds is 4. The summed E-state index contributed by atoms with van der Waals surface area (Å²) in [6, 6.07) is 15.5. The highest BCUT2D eigenvalue weighted by molar-refractivity contribution is 9.10. The first-order valence-electron chi connectivity index (χ1n) is 5.75. The Kier molecular flexibility index (Phi) is 4.15. The van der Waals surface area contributed by atoms with E-state index in [0.29, 0.717) is 6.42 Å². The van der Waals surface area contributed by atoms with Crippen LogP contribution in [0, 0.1) is 0 Å². The Hall–Kier alpha value is -1.61. The second-order valence-corrected chi connectivity index (χ2v) is 4.94. The van der Waals surface area contributed by atoms with Crippen LogP contribution in [0.2, 0.25) is 0 Å². The fourth-order valence-electron chi connectivity index (χ4n) is 1.84. The standard InChI is InChI=1S/C15H14BrNO/c1-17-14-8-7-12(16)10-13(14)15(18)9-11-5-3-2-4-6-11/h2-8,10,17H,9H2,1H3. The van der Waals surface area contributed by atoms with Gasteiger partial charge >= 0.3 is 0 Å². The number of Topliss-reactive ketones (excluding diaryl/α,β-unsaturated/α-hetero) is 1. The zero-order valence-corrected chi connectivity index (χ0v) is 11.7. The van der Waals surface area contributed by atoms with Gasteiger partial charge in [0.25, 0.3) is 0 Å². The molecule has 18 heavy (non-hydrogen) atoms. The molecule has 0 heterocycles. The van der Waals surface area contributed by atoms with Crippen LogP contribution in [-0.4, -0.2) is 12.8 Å². The van der Waals surface area contributed by atoms with Gasteiger partial charge in [-0.3, -0.25) is 4.79 Å². The summed E-state index contributed by atoms with van der Waals surface area (Å²) in [6.45, 7) is 0. The van der Waals surface area contributed by atoms with Crippen molar-refractivity contribution in [1.29, 1.82) is 0 Å². The normalized spacial score (nSPS) is 10.1. The van der Waals surface area contributed by atoms with Crippen LogP contribution >= 0.6 is 15.9 Å². The van der Waals surface area contributed by atoms with Crippen molar-refractivity contribution < 1.29 is 4.79 Å². The summed E-state index contributed by atoms with van der Waals surface area (Å²) in [5.74, 6) is 0.117. The summed E-state index contributed by atoms with van der Waals surface area (Å²) >= 11 is 3.40. The number of halogens is 1. The van der Waals surface area contributed by atoms with Gasteiger partial charge in [0.1, 0.15) is 0 Å². The minimum atomic E-state index is 0.117. The minimum absolute atomic E-state index is 0.117. The Morgan fingerprint density at radius 3 is 2.56 bits per heavy atom. The molecule has 0 aliphatic heterocycles. The summed E-state index contributed by atoms with van der Waals surface area (Å²) in [5, 5.41) is 3.05. The van der Waals surface area contributed by atoms with Gasteiger partial charge < -0.3 is 5.32 Å². The van der Waals surface area contributed by atoms with E-state index >= 15 is 0 Å². The molecule has 1 N–H and O–H groups in total. The molecule has 0 saturated carbocycles. The van der Waals surface area contributed by atoms with E-state index in [1.54, 1.807) is 0 Å². The van der Waals surface area contributed by atoms with Crippen LogP contribution in [0.1, 0.15) is 15.9 Å². The fourth-order valence-corrected chi connectivity index (χ4v) is 2.20. The molecule has 0 bridgehead atoms. The molecule has 2 aromatic carbocycles. The van der Waals surface area contributed by atoms with Crippen LogP contribution < -0.4 is 5.32 Å². The SMILES string of the molecule is CNc1ccc(Br)cc1C(=O)Cc1ccccc1. The molecule has 0 aromatic heterocycles. The molecular weight excluding hydrogens is 290 g/mol. The largest absolute Gasteiger partial charge is 0.388 e. The van der Waals surface area contributed by atoms with E-state index in [1.807, 2.05) is 55.6 Å². The second-order valence-electron chi connectivity index (χ2n) is 4.03. The first kappa shape index (κ1) is 12.8. The number of carbonyl (C=O) groups excluding carboxylic acids is 1. The first-order chi connectivity index (χ1) is 8.70. The highest BCUT2D eigenvalue weighted by Gasteiger charge is 2.11. The lowest BCUT2D eigenvalue weighted by atomic mass is 10.0. The van der Waals surface area contributed by atoms with Crippen LogP contribution in [0.5, 0.6) is 0 Å². The third kappa shape index (κ3) is 2.99. The van der Waals surface area contributed by atoms with E-state index in [0.717, 1.165) is 21.3 Å². The quantitative estimate of drug-likeness (QED) is 0.868. The Balaban J connectivity index is 2.26. The molecular formula is C15H14BrNO. The van der Waals surface area contributed by atoms with E-state index in [2.05, 4.69) is 21.2 Å². The predicted molar refractivity (Wildman–Crippen MR) is 78.2 cm³/mol. The number of benzene rings is 2. The van der Waals surface area contributed by atoms with E-state index in [9.17, 15) is 4.79 Å². The van der Waals surface area contributed by atoms with Gasteiger partial charge in [-0.15, -0.1) is 0 Å². The zero-order chi connectivity index (χ0) is 13.0. The number of nitrogens with one attached hydrogen (secondary N) is 1. The topological polar surface area (TPSA) is 29.1 Å². The summed E-state index contributed by atoms with van der Waals surface area (Å²) < 4.78 is 0.915. The van der Waals surface area contributed by atoms with Gasteiger partial charge in [-0.25, -0.2) is 0 Å². The third-order valence-corrected chi connectivity index (χ3v) is 3.25. The molecule has 2 nitrogen and oxygen atoms in total. The van der Waals surface area contributed by atoms with Crippen molar-refractivity contribution in [1.82, 2.24) is 0 Å². The summed E-state index contributed by atoms with van der Waals surface area (Å²) in [6.07, 6.45) is 0.423. The van der Waals surface area contributed by atoms with Crippen molar-refractivity contribution in [2.24, 2.45) is 0 Å². The highest BCUT2D eigenvalue weighted by Crippen LogP contribution is 2.22.